The fraction of sp³-hybridized carbons (Fsp3) is 1.00. The first kappa shape index (κ1) is 13.9. The van der Waals surface area contributed by atoms with Crippen LogP contribution in [0.25, 0.3) is 0 Å². The van der Waals surface area contributed by atoms with E-state index in [4.69, 9.17) is 9.47 Å². The number of ether oxygens (including phenoxy) is 2. The number of rotatable bonds is 6. The van der Waals surface area contributed by atoms with E-state index in [1.54, 1.807) is 0 Å². The summed E-state index contributed by atoms with van der Waals surface area (Å²) in [6, 6.07) is 0.544. The standard InChI is InChI=1S/C12H25NO3/c1-10(2)16-9-12(14)8-13(3)11-4-6-15-7-5-11/h10-12,14H,4-9H2,1-3H3. The van der Waals surface area contributed by atoms with Gasteiger partial charge in [-0.05, 0) is 33.7 Å². The topological polar surface area (TPSA) is 41.9 Å². The maximum Gasteiger partial charge on any atom is 0.0900 e. The Kier molecular flexibility index (Phi) is 6.28. The molecule has 96 valence electrons. The molecule has 1 rings (SSSR count). The van der Waals surface area contributed by atoms with Crippen LogP contribution in [0.4, 0.5) is 0 Å². The highest BCUT2D eigenvalue weighted by molar-refractivity contribution is 4.74. The van der Waals surface area contributed by atoms with Gasteiger partial charge in [-0.3, -0.25) is 0 Å². The molecule has 1 aliphatic heterocycles. The van der Waals surface area contributed by atoms with Crippen LogP contribution in [0.2, 0.25) is 0 Å². The predicted octanol–water partition coefficient (Wildman–Crippen LogP) is 0.883. The number of aliphatic hydroxyl groups is 1. The SMILES string of the molecule is CC(C)OCC(O)CN(C)C1CCOCC1. The molecule has 0 aliphatic carbocycles. The van der Waals surface area contributed by atoms with Gasteiger partial charge in [0.25, 0.3) is 0 Å². The minimum atomic E-state index is -0.393. The molecule has 0 aromatic carbocycles. The molecule has 1 aliphatic rings. The molecule has 1 atom stereocenters. The van der Waals surface area contributed by atoms with Gasteiger partial charge >= 0.3 is 0 Å². The summed E-state index contributed by atoms with van der Waals surface area (Å²) in [6.45, 7) is 6.74. The number of hydrogen-bond acceptors (Lipinski definition) is 4. The van der Waals surface area contributed by atoms with E-state index >= 15 is 0 Å². The molecular weight excluding hydrogens is 206 g/mol. The lowest BCUT2D eigenvalue weighted by Crippen LogP contribution is -2.42. The highest BCUT2D eigenvalue weighted by atomic mass is 16.5. The van der Waals surface area contributed by atoms with Crippen LogP contribution >= 0.6 is 0 Å². The zero-order chi connectivity index (χ0) is 12.0. The Balaban J connectivity index is 2.18. The Morgan fingerprint density at radius 2 is 2.00 bits per heavy atom. The van der Waals surface area contributed by atoms with Crippen molar-refractivity contribution in [3.63, 3.8) is 0 Å². The molecule has 1 N–H and O–H groups in total. The smallest absolute Gasteiger partial charge is 0.0900 e. The van der Waals surface area contributed by atoms with E-state index in [0.717, 1.165) is 26.1 Å². The minimum absolute atomic E-state index is 0.183. The van der Waals surface area contributed by atoms with Crippen molar-refractivity contribution in [2.45, 2.75) is 44.9 Å². The van der Waals surface area contributed by atoms with Gasteiger partial charge in [-0.2, -0.15) is 0 Å². The number of nitrogens with zero attached hydrogens (tertiary/aromatic N) is 1. The number of likely N-dealkylation sites (N-methyl/N-ethyl adjacent to an activating group) is 1. The van der Waals surface area contributed by atoms with Gasteiger partial charge in [-0.1, -0.05) is 0 Å². The highest BCUT2D eigenvalue weighted by Gasteiger charge is 2.20. The molecule has 4 heteroatoms. The van der Waals surface area contributed by atoms with Crippen molar-refractivity contribution in [3.8, 4) is 0 Å². The van der Waals surface area contributed by atoms with E-state index in [1.807, 2.05) is 13.8 Å². The largest absolute Gasteiger partial charge is 0.389 e. The van der Waals surface area contributed by atoms with Gasteiger partial charge < -0.3 is 19.5 Å². The van der Waals surface area contributed by atoms with Gasteiger partial charge in [0, 0.05) is 25.8 Å². The highest BCUT2D eigenvalue weighted by Crippen LogP contribution is 2.13. The Hall–Kier alpha value is -0.160. The van der Waals surface area contributed by atoms with Crippen molar-refractivity contribution in [1.82, 2.24) is 4.90 Å². The van der Waals surface area contributed by atoms with E-state index in [-0.39, 0.29) is 6.10 Å². The lowest BCUT2D eigenvalue weighted by Gasteiger charge is -2.32. The van der Waals surface area contributed by atoms with Crippen LogP contribution < -0.4 is 0 Å². The molecule has 1 unspecified atom stereocenters. The van der Waals surface area contributed by atoms with Crippen molar-refractivity contribution >= 4 is 0 Å². The van der Waals surface area contributed by atoms with Crippen LogP contribution in [-0.4, -0.2) is 61.7 Å². The lowest BCUT2D eigenvalue weighted by molar-refractivity contribution is -0.0210. The van der Waals surface area contributed by atoms with E-state index in [9.17, 15) is 5.11 Å². The van der Waals surface area contributed by atoms with E-state index < -0.39 is 6.10 Å². The summed E-state index contributed by atoms with van der Waals surface area (Å²) < 4.78 is 10.7. The van der Waals surface area contributed by atoms with Gasteiger partial charge in [0.15, 0.2) is 0 Å². The Morgan fingerprint density at radius 3 is 2.56 bits per heavy atom. The average Bonchev–Trinajstić information content (AvgIpc) is 2.27. The van der Waals surface area contributed by atoms with Crippen LogP contribution in [0.1, 0.15) is 26.7 Å². The van der Waals surface area contributed by atoms with Crippen molar-refractivity contribution in [1.29, 1.82) is 0 Å². The maximum atomic E-state index is 9.80. The molecule has 16 heavy (non-hydrogen) atoms. The van der Waals surface area contributed by atoms with Gasteiger partial charge in [-0.15, -0.1) is 0 Å². The fourth-order valence-electron chi connectivity index (χ4n) is 1.96. The van der Waals surface area contributed by atoms with Gasteiger partial charge in [0.2, 0.25) is 0 Å². The van der Waals surface area contributed by atoms with E-state index in [0.29, 0.717) is 19.2 Å². The second-order valence-electron chi connectivity index (χ2n) is 4.82. The number of hydrogen-bond donors (Lipinski definition) is 1. The molecule has 4 nitrogen and oxygen atoms in total. The normalized spacial score (nSPS) is 20.6. The molecule has 0 radical (unpaired) electrons. The third-order valence-corrected chi connectivity index (χ3v) is 2.93. The molecule has 0 aromatic rings. The van der Waals surface area contributed by atoms with Crippen molar-refractivity contribution < 1.29 is 14.6 Å². The van der Waals surface area contributed by atoms with Crippen LogP contribution in [0, 0.1) is 0 Å². The average molecular weight is 231 g/mol. The van der Waals surface area contributed by atoms with Crippen molar-refractivity contribution in [2.75, 3.05) is 33.4 Å². The van der Waals surface area contributed by atoms with Crippen LogP contribution in [0.15, 0.2) is 0 Å². The zero-order valence-electron chi connectivity index (χ0n) is 10.7. The fourth-order valence-corrected chi connectivity index (χ4v) is 1.96. The van der Waals surface area contributed by atoms with Gasteiger partial charge in [-0.25, -0.2) is 0 Å². The summed E-state index contributed by atoms with van der Waals surface area (Å²) >= 11 is 0. The first-order valence-electron chi connectivity index (χ1n) is 6.17. The van der Waals surface area contributed by atoms with Crippen LogP contribution in [0.5, 0.6) is 0 Å². The summed E-state index contributed by atoms with van der Waals surface area (Å²) in [5, 5.41) is 9.80. The van der Waals surface area contributed by atoms with Crippen LogP contribution in [-0.2, 0) is 9.47 Å². The zero-order valence-corrected chi connectivity index (χ0v) is 10.7. The first-order valence-corrected chi connectivity index (χ1v) is 6.17. The molecule has 0 aromatic heterocycles. The summed E-state index contributed by atoms with van der Waals surface area (Å²) in [4.78, 5) is 2.22. The van der Waals surface area contributed by atoms with Crippen molar-refractivity contribution in [3.05, 3.63) is 0 Å². The Morgan fingerprint density at radius 1 is 1.38 bits per heavy atom. The Labute approximate surface area is 98.5 Å². The summed E-state index contributed by atoms with van der Waals surface area (Å²) in [6.07, 6.45) is 1.92. The van der Waals surface area contributed by atoms with Gasteiger partial charge in [0.05, 0.1) is 18.8 Å². The quantitative estimate of drug-likeness (QED) is 0.737. The van der Waals surface area contributed by atoms with E-state index in [1.165, 1.54) is 0 Å². The first-order chi connectivity index (χ1) is 7.59. The Bertz CT molecular complexity index is 181. The molecule has 0 saturated carbocycles. The summed E-state index contributed by atoms with van der Waals surface area (Å²) in [7, 11) is 2.06. The minimum Gasteiger partial charge on any atom is -0.389 e. The predicted molar refractivity (Wildman–Crippen MR) is 63.6 cm³/mol. The number of aliphatic hydroxyl groups excluding tert-OH is 1. The molecule has 0 spiro atoms. The van der Waals surface area contributed by atoms with E-state index in [2.05, 4.69) is 11.9 Å². The maximum absolute atomic E-state index is 9.80. The molecule has 1 fully saturated rings. The van der Waals surface area contributed by atoms with Crippen LogP contribution in [0.3, 0.4) is 0 Å². The monoisotopic (exact) mass is 231 g/mol. The third-order valence-electron chi connectivity index (χ3n) is 2.93. The lowest BCUT2D eigenvalue weighted by atomic mass is 10.1. The molecule has 1 heterocycles. The summed E-state index contributed by atoms with van der Waals surface area (Å²) in [5.74, 6) is 0. The molecule has 0 bridgehead atoms. The second-order valence-corrected chi connectivity index (χ2v) is 4.82. The molecule has 0 amide bonds. The van der Waals surface area contributed by atoms with Gasteiger partial charge in [0.1, 0.15) is 0 Å². The molecular formula is C12H25NO3. The second kappa shape index (κ2) is 7.22. The third kappa shape index (κ3) is 5.25. The molecule has 1 saturated heterocycles. The summed E-state index contributed by atoms with van der Waals surface area (Å²) in [5.41, 5.74) is 0. The van der Waals surface area contributed by atoms with Crippen molar-refractivity contribution in [2.24, 2.45) is 0 Å².